The molecule has 108 valence electrons. The van der Waals surface area contributed by atoms with E-state index in [-0.39, 0.29) is 12.1 Å². The van der Waals surface area contributed by atoms with E-state index in [2.05, 4.69) is 13.0 Å². The van der Waals surface area contributed by atoms with Gasteiger partial charge in [0.15, 0.2) is 11.5 Å². The van der Waals surface area contributed by atoms with Crippen LogP contribution in [0.2, 0.25) is 0 Å². The molecule has 0 bridgehead atoms. The Morgan fingerprint density at radius 3 is 2.65 bits per heavy atom. The zero-order valence-corrected chi connectivity index (χ0v) is 12.9. The third-order valence-electron chi connectivity index (χ3n) is 3.26. The average molecular weight is 291 g/mol. The third-order valence-corrected chi connectivity index (χ3v) is 4.19. The quantitative estimate of drug-likeness (QED) is 0.877. The van der Waals surface area contributed by atoms with Crippen LogP contribution in [0.3, 0.4) is 0 Å². The highest BCUT2D eigenvalue weighted by Crippen LogP contribution is 2.34. The van der Waals surface area contributed by atoms with E-state index in [4.69, 9.17) is 15.2 Å². The molecule has 2 rings (SSSR count). The van der Waals surface area contributed by atoms with Crippen LogP contribution in [0.15, 0.2) is 35.7 Å². The second kappa shape index (κ2) is 6.77. The number of thiophene rings is 1. The Bertz CT molecular complexity index is 539. The fourth-order valence-corrected chi connectivity index (χ4v) is 2.86. The molecule has 2 N–H and O–H groups in total. The zero-order chi connectivity index (χ0) is 14.5. The van der Waals surface area contributed by atoms with Crippen LogP contribution in [-0.4, -0.2) is 13.2 Å². The summed E-state index contributed by atoms with van der Waals surface area (Å²) in [7, 11) is 1.65. The molecule has 2 atom stereocenters. The zero-order valence-electron chi connectivity index (χ0n) is 12.1. The highest BCUT2D eigenvalue weighted by molar-refractivity contribution is 7.10. The summed E-state index contributed by atoms with van der Waals surface area (Å²) in [5.74, 6) is 1.48. The summed E-state index contributed by atoms with van der Waals surface area (Å²) in [4.78, 5) is 1.14. The van der Waals surface area contributed by atoms with Crippen LogP contribution in [0.5, 0.6) is 11.5 Å². The van der Waals surface area contributed by atoms with Gasteiger partial charge in [-0.05, 0) is 42.5 Å². The highest BCUT2D eigenvalue weighted by atomic mass is 32.1. The topological polar surface area (TPSA) is 44.5 Å². The number of benzene rings is 1. The van der Waals surface area contributed by atoms with Crippen molar-refractivity contribution in [2.75, 3.05) is 7.11 Å². The van der Waals surface area contributed by atoms with Gasteiger partial charge in [0, 0.05) is 10.9 Å². The first kappa shape index (κ1) is 14.9. The smallest absolute Gasteiger partial charge is 0.162 e. The van der Waals surface area contributed by atoms with Crippen LogP contribution in [-0.2, 0) is 0 Å². The molecule has 0 aliphatic heterocycles. The SMILES string of the molecule is CCC(N)C(Oc1ccc(C)cc1OC)c1cccs1. The van der Waals surface area contributed by atoms with E-state index in [0.717, 1.165) is 28.4 Å². The third kappa shape index (κ3) is 3.32. The van der Waals surface area contributed by atoms with Crippen LogP contribution >= 0.6 is 11.3 Å². The summed E-state index contributed by atoms with van der Waals surface area (Å²) < 4.78 is 11.5. The first-order valence-electron chi connectivity index (χ1n) is 6.76. The predicted octanol–water partition coefficient (Wildman–Crippen LogP) is 3.92. The van der Waals surface area contributed by atoms with Gasteiger partial charge in [-0.2, -0.15) is 0 Å². The molecular formula is C16H21NO2S. The average Bonchev–Trinajstić information content (AvgIpc) is 2.98. The Labute approximate surface area is 124 Å². The maximum atomic E-state index is 6.22. The van der Waals surface area contributed by atoms with Crippen molar-refractivity contribution < 1.29 is 9.47 Å². The number of nitrogens with two attached hydrogens (primary N) is 1. The van der Waals surface area contributed by atoms with E-state index >= 15 is 0 Å². The molecule has 1 aromatic heterocycles. The maximum absolute atomic E-state index is 6.22. The van der Waals surface area contributed by atoms with Crippen molar-refractivity contribution in [1.82, 2.24) is 0 Å². The molecule has 2 aromatic rings. The van der Waals surface area contributed by atoms with E-state index in [1.807, 2.05) is 36.6 Å². The van der Waals surface area contributed by atoms with E-state index < -0.39 is 0 Å². The summed E-state index contributed by atoms with van der Waals surface area (Å²) in [6, 6.07) is 9.96. The Hall–Kier alpha value is -1.52. The number of aryl methyl sites for hydroxylation is 1. The number of hydrogen-bond acceptors (Lipinski definition) is 4. The largest absolute Gasteiger partial charge is 0.493 e. The van der Waals surface area contributed by atoms with Gasteiger partial charge in [-0.15, -0.1) is 11.3 Å². The number of rotatable bonds is 6. The molecule has 1 heterocycles. The maximum Gasteiger partial charge on any atom is 0.162 e. The molecular weight excluding hydrogens is 270 g/mol. The lowest BCUT2D eigenvalue weighted by Gasteiger charge is -2.24. The molecule has 1 aromatic carbocycles. The minimum atomic E-state index is -0.142. The van der Waals surface area contributed by atoms with Gasteiger partial charge in [0.1, 0.15) is 6.10 Å². The monoisotopic (exact) mass is 291 g/mol. The van der Waals surface area contributed by atoms with Crippen LogP contribution in [0.1, 0.15) is 29.9 Å². The number of methoxy groups -OCH3 is 1. The summed E-state index contributed by atoms with van der Waals surface area (Å²) in [6.07, 6.45) is 0.716. The van der Waals surface area contributed by atoms with Gasteiger partial charge < -0.3 is 15.2 Å². The molecule has 0 radical (unpaired) electrons. The summed E-state index contributed by atoms with van der Waals surface area (Å²) in [5, 5.41) is 2.04. The molecule has 0 saturated heterocycles. The molecule has 0 saturated carbocycles. The van der Waals surface area contributed by atoms with Gasteiger partial charge in [0.25, 0.3) is 0 Å². The standard InChI is InChI=1S/C16H21NO2S/c1-4-12(17)16(15-6-5-9-20-15)19-13-8-7-11(2)10-14(13)18-3/h5-10,12,16H,4,17H2,1-3H3. The van der Waals surface area contributed by atoms with Crippen molar-refractivity contribution in [2.45, 2.75) is 32.4 Å². The van der Waals surface area contributed by atoms with Crippen LogP contribution < -0.4 is 15.2 Å². The van der Waals surface area contributed by atoms with Gasteiger partial charge in [-0.25, -0.2) is 0 Å². The molecule has 0 aliphatic rings. The highest BCUT2D eigenvalue weighted by Gasteiger charge is 2.22. The molecule has 0 amide bonds. The Morgan fingerprint density at radius 2 is 2.05 bits per heavy atom. The van der Waals surface area contributed by atoms with Gasteiger partial charge in [-0.3, -0.25) is 0 Å². The molecule has 0 spiro atoms. The van der Waals surface area contributed by atoms with Crippen LogP contribution in [0.25, 0.3) is 0 Å². The van der Waals surface area contributed by atoms with E-state index in [0.29, 0.717) is 0 Å². The lowest BCUT2D eigenvalue weighted by molar-refractivity contribution is 0.168. The number of hydrogen-bond donors (Lipinski definition) is 1. The fraction of sp³-hybridized carbons (Fsp3) is 0.375. The normalized spacial score (nSPS) is 13.8. The predicted molar refractivity (Wildman–Crippen MR) is 83.7 cm³/mol. The second-order valence-electron chi connectivity index (χ2n) is 4.78. The fourth-order valence-electron chi connectivity index (χ4n) is 2.03. The van der Waals surface area contributed by atoms with Crippen molar-refractivity contribution in [3.05, 3.63) is 46.2 Å². The van der Waals surface area contributed by atoms with Crippen molar-refractivity contribution in [3.63, 3.8) is 0 Å². The van der Waals surface area contributed by atoms with Crippen LogP contribution in [0, 0.1) is 6.92 Å². The van der Waals surface area contributed by atoms with Gasteiger partial charge >= 0.3 is 0 Å². The summed E-state index contributed by atoms with van der Waals surface area (Å²) in [6.45, 7) is 4.10. The number of ether oxygens (including phenoxy) is 2. The van der Waals surface area contributed by atoms with E-state index in [1.54, 1.807) is 18.4 Å². The van der Waals surface area contributed by atoms with E-state index in [1.165, 1.54) is 0 Å². The minimum Gasteiger partial charge on any atom is -0.493 e. The first-order chi connectivity index (χ1) is 9.65. The Morgan fingerprint density at radius 1 is 1.25 bits per heavy atom. The van der Waals surface area contributed by atoms with Gasteiger partial charge in [0.05, 0.1) is 7.11 Å². The van der Waals surface area contributed by atoms with Gasteiger partial charge in [-0.1, -0.05) is 19.1 Å². The molecule has 3 nitrogen and oxygen atoms in total. The first-order valence-corrected chi connectivity index (χ1v) is 7.64. The minimum absolute atomic E-state index is 0.0420. The lowest BCUT2D eigenvalue weighted by atomic mass is 10.1. The van der Waals surface area contributed by atoms with Gasteiger partial charge in [0.2, 0.25) is 0 Å². The second-order valence-corrected chi connectivity index (χ2v) is 5.76. The van der Waals surface area contributed by atoms with Crippen molar-refractivity contribution in [3.8, 4) is 11.5 Å². The van der Waals surface area contributed by atoms with Crippen LogP contribution in [0.4, 0.5) is 0 Å². The van der Waals surface area contributed by atoms with Crippen molar-refractivity contribution in [2.24, 2.45) is 5.73 Å². The Kier molecular flexibility index (Phi) is 5.04. The Balaban J connectivity index is 2.28. The molecule has 0 fully saturated rings. The van der Waals surface area contributed by atoms with Crippen molar-refractivity contribution >= 4 is 11.3 Å². The summed E-state index contributed by atoms with van der Waals surface area (Å²) in [5.41, 5.74) is 7.36. The molecule has 20 heavy (non-hydrogen) atoms. The summed E-state index contributed by atoms with van der Waals surface area (Å²) >= 11 is 1.66. The molecule has 0 aliphatic carbocycles. The molecule has 2 unspecified atom stereocenters. The molecule has 4 heteroatoms. The van der Waals surface area contributed by atoms with Crippen molar-refractivity contribution in [1.29, 1.82) is 0 Å². The lowest BCUT2D eigenvalue weighted by Crippen LogP contribution is -2.31. The van der Waals surface area contributed by atoms with E-state index in [9.17, 15) is 0 Å².